The first-order chi connectivity index (χ1) is 12.7. The Bertz CT molecular complexity index is 557. The number of likely N-dealkylation sites (tertiary alicyclic amines) is 1. The summed E-state index contributed by atoms with van der Waals surface area (Å²) in [5.41, 5.74) is 1.22. The van der Waals surface area contributed by atoms with Crippen molar-refractivity contribution in [2.45, 2.75) is 64.7 Å². The zero-order valence-corrected chi connectivity index (χ0v) is 17.2. The van der Waals surface area contributed by atoms with E-state index in [1.54, 1.807) is 11.3 Å². The zero-order chi connectivity index (χ0) is 18.4. The summed E-state index contributed by atoms with van der Waals surface area (Å²) in [5, 5.41) is 3.85. The molecule has 0 spiro atoms. The molecule has 1 saturated heterocycles. The van der Waals surface area contributed by atoms with Crippen LogP contribution in [0.2, 0.25) is 0 Å². The zero-order valence-electron chi connectivity index (χ0n) is 16.4. The topological polar surface area (TPSA) is 48.5 Å². The molecule has 0 saturated carbocycles. The molecule has 26 heavy (non-hydrogen) atoms. The molecule has 1 N–H and O–H groups in total. The molecule has 1 aromatic rings. The van der Waals surface area contributed by atoms with E-state index in [2.05, 4.69) is 29.2 Å². The summed E-state index contributed by atoms with van der Waals surface area (Å²) in [5.74, 6) is 0.719. The number of fused-ring (bicyclic) bond motifs is 1. The number of nitrogens with zero attached hydrogens (tertiary/aromatic N) is 3. The van der Waals surface area contributed by atoms with Crippen LogP contribution in [0.1, 0.15) is 62.4 Å². The van der Waals surface area contributed by atoms with E-state index in [1.807, 2.05) is 4.90 Å². The van der Waals surface area contributed by atoms with Gasteiger partial charge in [0, 0.05) is 24.5 Å². The van der Waals surface area contributed by atoms with Crippen LogP contribution in [0, 0.1) is 5.92 Å². The number of nitrogens with one attached hydrogen (secondary N) is 1. The van der Waals surface area contributed by atoms with Gasteiger partial charge in [-0.1, -0.05) is 19.8 Å². The number of piperidine rings is 1. The number of urea groups is 1. The van der Waals surface area contributed by atoms with E-state index in [9.17, 15) is 4.79 Å². The van der Waals surface area contributed by atoms with E-state index < -0.39 is 0 Å². The van der Waals surface area contributed by atoms with Crippen molar-refractivity contribution in [2.75, 3.05) is 38.5 Å². The molecule has 1 aromatic heterocycles. The highest BCUT2D eigenvalue weighted by Crippen LogP contribution is 2.29. The van der Waals surface area contributed by atoms with Gasteiger partial charge >= 0.3 is 6.03 Å². The summed E-state index contributed by atoms with van der Waals surface area (Å²) in [6, 6.07) is 0.0340. The van der Waals surface area contributed by atoms with Crippen LogP contribution in [0.5, 0.6) is 0 Å². The molecule has 2 aliphatic rings. The van der Waals surface area contributed by atoms with Gasteiger partial charge in [-0.2, -0.15) is 0 Å². The molecule has 5 nitrogen and oxygen atoms in total. The summed E-state index contributed by atoms with van der Waals surface area (Å²) < 4.78 is 0. The number of anilines is 1. The number of aryl methyl sites for hydroxylation is 2. The summed E-state index contributed by atoms with van der Waals surface area (Å²) >= 11 is 1.68. The predicted octanol–water partition coefficient (Wildman–Crippen LogP) is 4.39. The van der Waals surface area contributed by atoms with Crippen LogP contribution in [0.15, 0.2) is 0 Å². The lowest BCUT2D eigenvalue weighted by molar-refractivity contribution is 0.163. The molecule has 0 bridgehead atoms. The minimum Gasteiger partial charge on any atom is -0.324 e. The average molecular weight is 379 g/mol. The molecule has 0 aromatic carbocycles. The van der Waals surface area contributed by atoms with Gasteiger partial charge in [0.2, 0.25) is 0 Å². The van der Waals surface area contributed by atoms with Crippen molar-refractivity contribution in [3.63, 3.8) is 0 Å². The van der Waals surface area contributed by atoms with Gasteiger partial charge in [-0.25, -0.2) is 9.78 Å². The lowest BCUT2D eigenvalue weighted by Gasteiger charge is -2.33. The predicted molar refractivity (Wildman–Crippen MR) is 109 cm³/mol. The number of carbonyl (C=O) groups is 1. The maximum absolute atomic E-state index is 12.6. The molecule has 1 aliphatic carbocycles. The van der Waals surface area contributed by atoms with Gasteiger partial charge in [0.25, 0.3) is 0 Å². The second-order valence-corrected chi connectivity index (χ2v) is 9.01. The molecule has 3 rings (SSSR count). The van der Waals surface area contributed by atoms with Crippen molar-refractivity contribution >= 4 is 22.5 Å². The third-order valence-corrected chi connectivity index (χ3v) is 6.75. The van der Waals surface area contributed by atoms with Gasteiger partial charge in [-0.05, 0) is 64.5 Å². The Labute approximate surface area is 162 Å². The number of unbranched alkanes of at least 4 members (excludes halogenated alkanes) is 1. The maximum atomic E-state index is 12.6. The van der Waals surface area contributed by atoms with Crippen molar-refractivity contribution < 1.29 is 4.79 Å². The first-order valence-electron chi connectivity index (χ1n) is 10.4. The Morgan fingerprint density at radius 3 is 2.81 bits per heavy atom. The normalized spacial score (nSPS) is 18.7. The fourth-order valence-electron chi connectivity index (χ4n) is 4.03. The van der Waals surface area contributed by atoms with Crippen LogP contribution in [0.4, 0.5) is 9.93 Å². The highest BCUT2D eigenvalue weighted by Gasteiger charge is 2.24. The lowest BCUT2D eigenvalue weighted by Crippen LogP contribution is -2.43. The quantitative estimate of drug-likeness (QED) is 0.747. The molecule has 0 radical (unpaired) electrons. The first kappa shape index (κ1) is 19.6. The number of carbonyl (C=O) groups excluding carboxylic acids is 1. The van der Waals surface area contributed by atoms with E-state index in [1.165, 1.54) is 49.2 Å². The van der Waals surface area contributed by atoms with Gasteiger partial charge in [0.1, 0.15) is 0 Å². The molecule has 0 atom stereocenters. The van der Waals surface area contributed by atoms with Crippen molar-refractivity contribution in [3.05, 3.63) is 10.6 Å². The number of amides is 2. The molecule has 0 unspecified atom stereocenters. The smallest absolute Gasteiger partial charge is 0.323 e. The van der Waals surface area contributed by atoms with E-state index in [-0.39, 0.29) is 6.03 Å². The second kappa shape index (κ2) is 9.70. The summed E-state index contributed by atoms with van der Waals surface area (Å²) in [7, 11) is 2.22. The molecule has 2 amide bonds. The first-order valence-corrected chi connectivity index (χ1v) is 11.2. The largest absolute Gasteiger partial charge is 0.324 e. The van der Waals surface area contributed by atoms with Crippen LogP contribution in [-0.2, 0) is 12.8 Å². The van der Waals surface area contributed by atoms with E-state index in [0.29, 0.717) is 0 Å². The highest BCUT2D eigenvalue weighted by molar-refractivity contribution is 7.15. The molecule has 6 heteroatoms. The lowest BCUT2D eigenvalue weighted by atomic mass is 9.96. The molecule has 146 valence electrons. The Balaban J connectivity index is 1.44. The third-order valence-electron chi connectivity index (χ3n) is 5.67. The molecular weight excluding hydrogens is 344 g/mol. The van der Waals surface area contributed by atoms with Crippen molar-refractivity contribution in [2.24, 2.45) is 5.92 Å². The van der Waals surface area contributed by atoms with E-state index in [4.69, 9.17) is 0 Å². The highest BCUT2D eigenvalue weighted by atomic mass is 32.1. The summed E-state index contributed by atoms with van der Waals surface area (Å²) in [4.78, 5) is 23.1. The Morgan fingerprint density at radius 1 is 1.27 bits per heavy atom. The van der Waals surface area contributed by atoms with Crippen molar-refractivity contribution in [1.29, 1.82) is 0 Å². The summed E-state index contributed by atoms with van der Waals surface area (Å²) in [6.07, 6.45) is 10.7. The minimum atomic E-state index is 0.0340. The molecule has 1 fully saturated rings. The van der Waals surface area contributed by atoms with Crippen molar-refractivity contribution in [3.8, 4) is 0 Å². The van der Waals surface area contributed by atoms with E-state index in [0.717, 1.165) is 56.4 Å². The van der Waals surface area contributed by atoms with Crippen molar-refractivity contribution in [1.82, 2.24) is 14.8 Å². The molecule has 2 heterocycles. The Kier molecular flexibility index (Phi) is 7.32. The minimum absolute atomic E-state index is 0.0340. The number of aromatic nitrogens is 1. The van der Waals surface area contributed by atoms with Gasteiger partial charge in [-0.3, -0.25) is 5.32 Å². The fourth-order valence-corrected chi connectivity index (χ4v) is 5.07. The van der Waals surface area contributed by atoms with Crippen LogP contribution >= 0.6 is 11.3 Å². The van der Waals surface area contributed by atoms with Crippen LogP contribution in [0.3, 0.4) is 0 Å². The maximum Gasteiger partial charge on any atom is 0.323 e. The van der Waals surface area contributed by atoms with Crippen LogP contribution in [0.25, 0.3) is 0 Å². The number of hydrogen-bond donors (Lipinski definition) is 1. The standard InChI is InChI=1S/C20H34N4OS/c1-3-4-12-23(2)15-16-10-13-24(14-11-16)20(25)22-19-21-17-8-6-5-7-9-18(17)26-19/h16H,3-15H2,1-2H3,(H,21,22,25). The Morgan fingerprint density at radius 2 is 2.04 bits per heavy atom. The second-order valence-electron chi connectivity index (χ2n) is 7.93. The molecular formula is C20H34N4OS. The van der Waals surface area contributed by atoms with Gasteiger partial charge in [0.05, 0.1) is 5.69 Å². The number of thiazole rings is 1. The molecule has 1 aliphatic heterocycles. The fraction of sp³-hybridized carbons (Fsp3) is 0.800. The monoisotopic (exact) mass is 378 g/mol. The van der Waals surface area contributed by atoms with Gasteiger partial charge < -0.3 is 9.80 Å². The SMILES string of the molecule is CCCCN(C)CC1CCN(C(=O)Nc2nc3c(s2)CCCCC3)CC1. The average Bonchev–Trinajstić information content (AvgIpc) is 2.88. The van der Waals surface area contributed by atoms with Gasteiger partial charge in [-0.15, -0.1) is 11.3 Å². The van der Waals surface area contributed by atoms with E-state index >= 15 is 0 Å². The van der Waals surface area contributed by atoms with Crippen LogP contribution in [-0.4, -0.2) is 54.0 Å². The Hall–Kier alpha value is -1.14. The third kappa shape index (κ3) is 5.43. The van der Waals surface area contributed by atoms with Crippen LogP contribution < -0.4 is 5.32 Å². The summed E-state index contributed by atoms with van der Waals surface area (Å²) in [6.45, 7) is 6.32. The number of rotatable bonds is 6. The number of hydrogen-bond acceptors (Lipinski definition) is 4. The van der Waals surface area contributed by atoms with Gasteiger partial charge in [0.15, 0.2) is 5.13 Å².